The molecule has 3 nitrogen and oxygen atoms in total. The molecule has 0 aliphatic rings. The fourth-order valence-electron chi connectivity index (χ4n) is 1.34. The zero-order valence-corrected chi connectivity index (χ0v) is 8.78. The molecule has 2 rings (SSSR count). The van der Waals surface area contributed by atoms with Gasteiger partial charge in [0.15, 0.2) is 5.76 Å². The lowest BCUT2D eigenvalue weighted by atomic mass is 10.1. The third-order valence-corrected chi connectivity index (χ3v) is 2.27. The molecule has 1 heterocycles. The van der Waals surface area contributed by atoms with Gasteiger partial charge in [0.05, 0.1) is 5.69 Å². The maximum Gasteiger partial charge on any atom is 0.260 e. The zero-order valence-electron chi connectivity index (χ0n) is 8.03. The van der Waals surface area contributed by atoms with E-state index >= 15 is 0 Å². The number of aromatic nitrogens is 1. The van der Waals surface area contributed by atoms with E-state index in [0.29, 0.717) is 22.8 Å². The summed E-state index contributed by atoms with van der Waals surface area (Å²) in [6.45, 7) is 1.79. The van der Waals surface area contributed by atoms with Gasteiger partial charge < -0.3 is 4.42 Å². The van der Waals surface area contributed by atoms with E-state index in [2.05, 4.69) is 4.98 Å². The smallest absolute Gasteiger partial charge is 0.260 e. The van der Waals surface area contributed by atoms with Crippen LogP contribution in [0.25, 0.3) is 11.3 Å². The summed E-state index contributed by atoms with van der Waals surface area (Å²) in [7, 11) is 0. The Balaban J connectivity index is 2.48. The summed E-state index contributed by atoms with van der Waals surface area (Å²) in [5.41, 5.74) is 1.55. The van der Waals surface area contributed by atoms with Gasteiger partial charge in [-0.1, -0.05) is 11.6 Å². The molecular formula is C11H8ClNO2. The average Bonchev–Trinajstić information content (AvgIpc) is 2.61. The topological polar surface area (TPSA) is 43.1 Å². The van der Waals surface area contributed by atoms with Gasteiger partial charge >= 0.3 is 0 Å². The second-order valence-corrected chi connectivity index (χ2v) is 3.53. The maximum atomic E-state index is 10.5. The molecule has 0 fully saturated rings. The minimum atomic E-state index is 0.0949. The van der Waals surface area contributed by atoms with Crippen molar-refractivity contribution in [3.63, 3.8) is 0 Å². The van der Waals surface area contributed by atoms with Crippen LogP contribution >= 0.6 is 11.6 Å². The van der Waals surface area contributed by atoms with Gasteiger partial charge in [-0.15, -0.1) is 0 Å². The molecular weight excluding hydrogens is 214 g/mol. The summed E-state index contributed by atoms with van der Waals surface area (Å²) in [6.07, 6.45) is 0.590. The molecule has 0 N–H and O–H groups in total. The molecule has 0 atom stereocenters. The van der Waals surface area contributed by atoms with Crippen molar-refractivity contribution < 1.29 is 9.21 Å². The van der Waals surface area contributed by atoms with Gasteiger partial charge in [-0.3, -0.25) is 4.79 Å². The van der Waals surface area contributed by atoms with Gasteiger partial charge in [-0.25, -0.2) is 4.98 Å². The first kappa shape index (κ1) is 9.93. The van der Waals surface area contributed by atoms with E-state index in [4.69, 9.17) is 16.0 Å². The third kappa shape index (κ3) is 1.92. The molecule has 0 radical (unpaired) electrons. The van der Waals surface area contributed by atoms with Gasteiger partial charge in [0.2, 0.25) is 6.29 Å². The lowest BCUT2D eigenvalue weighted by molar-refractivity contribution is 0.109. The van der Waals surface area contributed by atoms with Crippen molar-refractivity contribution >= 4 is 17.9 Å². The van der Waals surface area contributed by atoms with Crippen LogP contribution in [0.5, 0.6) is 0 Å². The van der Waals surface area contributed by atoms with Gasteiger partial charge in [0.25, 0.3) is 5.89 Å². The second kappa shape index (κ2) is 3.87. The van der Waals surface area contributed by atoms with Gasteiger partial charge in [0.1, 0.15) is 0 Å². The largest absolute Gasteiger partial charge is 0.434 e. The van der Waals surface area contributed by atoms with Crippen LogP contribution in [-0.4, -0.2) is 11.3 Å². The first-order valence-corrected chi connectivity index (χ1v) is 4.77. The highest BCUT2D eigenvalue weighted by Gasteiger charge is 2.10. The van der Waals surface area contributed by atoms with E-state index in [-0.39, 0.29) is 5.89 Å². The van der Waals surface area contributed by atoms with Crippen LogP contribution in [0, 0.1) is 6.92 Å². The standard InChI is InChI=1S/C11H8ClNO2/c1-7-11(15-10(6-14)13-7)8-2-4-9(12)5-3-8/h2-6H,1H3. The zero-order chi connectivity index (χ0) is 10.8. The monoisotopic (exact) mass is 221 g/mol. The number of hydrogen-bond acceptors (Lipinski definition) is 3. The third-order valence-electron chi connectivity index (χ3n) is 2.02. The van der Waals surface area contributed by atoms with Crippen molar-refractivity contribution in [2.45, 2.75) is 6.92 Å². The number of benzene rings is 1. The predicted molar refractivity (Wildman–Crippen MR) is 57.1 cm³/mol. The van der Waals surface area contributed by atoms with Crippen molar-refractivity contribution in [3.8, 4) is 11.3 Å². The number of aryl methyl sites for hydroxylation is 1. The van der Waals surface area contributed by atoms with Crippen LogP contribution in [0.3, 0.4) is 0 Å². The molecule has 0 unspecified atom stereocenters. The van der Waals surface area contributed by atoms with Gasteiger partial charge in [-0.2, -0.15) is 0 Å². The van der Waals surface area contributed by atoms with Crippen LogP contribution in [0.4, 0.5) is 0 Å². The van der Waals surface area contributed by atoms with E-state index in [1.54, 1.807) is 19.1 Å². The van der Waals surface area contributed by atoms with Crippen molar-refractivity contribution in [2.24, 2.45) is 0 Å². The van der Waals surface area contributed by atoms with Crippen molar-refractivity contribution in [1.82, 2.24) is 4.98 Å². The quantitative estimate of drug-likeness (QED) is 0.732. The number of nitrogens with zero attached hydrogens (tertiary/aromatic N) is 1. The average molecular weight is 222 g/mol. The van der Waals surface area contributed by atoms with Crippen molar-refractivity contribution in [1.29, 1.82) is 0 Å². The summed E-state index contributed by atoms with van der Waals surface area (Å²) in [5.74, 6) is 0.700. The van der Waals surface area contributed by atoms with Gasteiger partial charge in [-0.05, 0) is 31.2 Å². The normalized spacial score (nSPS) is 10.3. The Kier molecular flexibility index (Phi) is 2.56. The molecule has 0 saturated heterocycles. The van der Waals surface area contributed by atoms with Crippen LogP contribution < -0.4 is 0 Å². The van der Waals surface area contributed by atoms with E-state index in [9.17, 15) is 4.79 Å². The Morgan fingerprint density at radius 3 is 2.53 bits per heavy atom. The molecule has 0 aliphatic carbocycles. The Bertz CT molecular complexity index is 488. The van der Waals surface area contributed by atoms with Crippen LogP contribution in [0.15, 0.2) is 28.7 Å². The number of oxazole rings is 1. The highest BCUT2D eigenvalue weighted by atomic mass is 35.5. The highest BCUT2D eigenvalue weighted by Crippen LogP contribution is 2.25. The van der Waals surface area contributed by atoms with E-state index in [1.165, 1.54) is 0 Å². The Morgan fingerprint density at radius 1 is 1.33 bits per heavy atom. The Labute approximate surface area is 91.7 Å². The Morgan fingerprint density at radius 2 is 2.00 bits per heavy atom. The first-order valence-electron chi connectivity index (χ1n) is 4.39. The van der Waals surface area contributed by atoms with E-state index in [0.717, 1.165) is 5.56 Å². The van der Waals surface area contributed by atoms with Crippen molar-refractivity contribution in [3.05, 3.63) is 40.9 Å². The fraction of sp³-hybridized carbons (Fsp3) is 0.0909. The van der Waals surface area contributed by atoms with E-state index in [1.807, 2.05) is 12.1 Å². The molecule has 2 aromatic rings. The molecule has 0 spiro atoms. The Hall–Kier alpha value is -1.61. The summed E-state index contributed by atoms with van der Waals surface area (Å²) in [4.78, 5) is 14.4. The molecule has 76 valence electrons. The molecule has 0 saturated carbocycles. The molecule has 15 heavy (non-hydrogen) atoms. The summed E-state index contributed by atoms with van der Waals surface area (Å²) in [6, 6.07) is 7.17. The molecule has 4 heteroatoms. The first-order chi connectivity index (χ1) is 7.20. The summed E-state index contributed by atoms with van der Waals surface area (Å²) >= 11 is 5.77. The number of carbonyl (C=O) groups excluding carboxylic acids is 1. The molecule has 0 aliphatic heterocycles. The number of rotatable bonds is 2. The number of aldehydes is 1. The van der Waals surface area contributed by atoms with Crippen molar-refractivity contribution in [2.75, 3.05) is 0 Å². The number of carbonyl (C=O) groups is 1. The lowest BCUT2D eigenvalue weighted by Gasteiger charge is -1.96. The maximum absolute atomic E-state index is 10.5. The van der Waals surface area contributed by atoms with Crippen LogP contribution in [0.2, 0.25) is 5.02 Å². The van der Waals surface area contributed by atoms with Crippen LogP contribution in [-0.2, 0) is 0 Å². The van der Waals surface area contributed by atoms with Crippen LogP contribution in [0.1, 0.15) is 16.4 Å². The summed E-state index contributed by atoms with van der Waals surface area (Å²) in [5, 5.41) is 0.659. The summed E-state index contributed by atoms with van der Waals surface area (Å²) < 4.78 is 5.27. The highest BCUT2D eigenvalue weighted by molar-refractivity contribution is 6.30. The minimum Gasteiger partial charge on any atom is -0.434 e. The fourth-order valence-corrected chi connectivity index (χ4v) is 1.46. The molecule has 1 aromatic carbocycles. The predicted octanol–water partition coefficient (Wildman–Crippen LogP) is 3.12. The molecule has 1 aromatic heterocycles. The minimum absolute atomic E-state index is 0.0949. The number of halogens is 1. The lowest BCUT2D eigenvalue weighted by Crippen LogP contribution is -1.78. The SMILES string of the molecule is Cc1nc(C=O)oc1-c1ccc(Cl)cc1. The van der Waals surface area contributed by atoms with E-state index < -0.39 is 0 Å². The molecule has 0 amide bonds. The molecule has 0 bridgehead atoms. The second-order valence-electron chi connectivity index (χ2n) is 3.09. The van der Waals surface area contributed by atoms with Gasteiger partial charge in [0, 0.05) is 10.6 Å². The number of hydrogen-bond donors (Lipinski definition) is 0.